The van der Waals surface area contributed by atoms with E-state index in [0.717, 1.165) is 56.7 Å². The molecule has 182 valence electrons. The van der Waals surface area contributed by atoms with Crippen LogP contribution in [0.25, 0.3) is 0 Å². The average molecular weight is 567 g/mol. The van der Waals surface area contributed by atoms with Gasteiger partial charge >= 0.3 is 0 Å². The molecule has 8 heteroatoms. The van der Waals surface area contributed by atoms with E-state index in [1.165, 1.54) is 31.4 Å². The van der Waals surface area contributed by atoms with Gasteiger partial charge in [-0.05, 0) is 43.7 Å². The van der Waals surface area contributed by atoms with Gasteiger partial charge in [-0.15, -0.1) is 24.0 Å². The summed E-state index contributed by atoms with van der Waals surface area (Å²) in [6.45, 7) is 9.47. The molecular formula is C25H39IN6O. The Labute approximate surface area is 215 Å². The fourth-order valence-electron chi connectivity index (χ4n) is 5.09. The molecule has 0 aliphatic carbocycles. The Morgan fingerprint density at radius 1 is 1.21 bits per heavy atom. The number of benzene rings is 1. The van der Waals surface area contributed by atoms with E-state index in [-0.39, 0.29) is 24.0 Å². The van der Waals surface area contributed by atoms with Gasteiger partial charge in [0.25, 0.3) is 0 Å². The molecule has 33 heavy (non-hydrogen) atoms. The number of likely N-dealkylation sites (tertiary alicyclic amines) is 2. The van der Waals surface area contributed by atoms with Crippen LogP contribution in [0, 0.1) is 5.92 Å². The van der Waals surface area contributed by atoms with Gasteiger partial charge in [0.2, 0.25) is 5.89 Å². The Morgan fingerprint density at radius 2 is 2.03 bits per heavy atom. The van der Waals surface area contributed by atoms with E-state index in [1.54, 1.807) is 0 Å². The maximum absolute atomic E-state index is 5.35. The topological polar surface area (TPSA) is 69.8 Å². The van der Waals surface area contributed by atoms with Crippen molar-refractivity contribution in [2.75, 3.05) is 33.2 Å². The van der Waals surface area contributed by atoms with Gasteiger partial charge < -0.3 is 14.7 Å². The van der Waals surface area contributed by atoms with E-state index in [9.17, 15) is 0 Å². The van der Waals surface area contributed by atoms with Gasteiger partial charge in [0.05, 0.1) is 0 Å². The van der Waals surface area contributed by atoms with Gasteiger partial charge in [0, 0.05) is 51.6 Å². The zero-order chi connectivity index (χ0) is 22.3. The molecule has 2 fully saturated rings. The molecule has 1 N–H and O–H groups in total. The first kappa shape index (κ1) is 25.9. The van der Waals surface area contributed by atoms with Crippen LogP contribution in [0.4, 0.5) is 0 Å². The minimum absolute atomic E-state index is 0. The first-order valence-corrected chi connectivity index (χ1v) is 12.2. The van der Waals surface area contributed by atoms with E-state index < -0.39 is 0 Å². The summed E-state index contributed by atoms with van der Waals surface area (Å²) >= 11 is 0. The highest BCUT2D eigenvalue weighted by Crippen LogP contribution is 2.31. The molecule has 0 saturated carbocycles. The summed E-state index contributed by atoms with van der Waals surface area (Å²) < 4.78 is 5.35. The predicted octanol–water partition coefficient (Wildman–Crippen LogP) is 4.31. The zero-order valence-corrected chi connectivity index (χ0v) is 22.6. The van der Waals surface area contributed by atoms with Crippen LogP contribution in [0.1, 0.15) is 62.7 Å². The predicted molar refractivity (Wildman–Crippen MR) is 143 cm³/mol. The molecule has 0 spiro atoms. The van der Waals surface area contributed by atoms with Crippen LogP contribution in [0.15, 0.2) is 39.8 Å². The van der Waals surface area contributed by atoms with Crippen molar-refractivity contribution >= 4 is 29.9 Å². The molecule has 0 bridgehead atoms. The molecular weight excluding hydrogens is 527 g/mol. The number of fused-ring (bicyclic) bond motifs is 1. The number of nitrogens with one attached hydrogen (secondary N) is 1. The number of halogens is 1. The van der Waals surface area contributed by atoms with E-state index in [4.69, 9.17) is 4.52 Å². The average Bonchev–Trinajstić information content (AvgIpc) is 3.29. The summed E-state index contributed by atoms with van der Waals surface area (Å²) in [5, 5.41) is 7.61. The fourth-order valence-corrected chi connectivity index (χ4v) is 5.09. The zero-order valence-electron chi connectivity index (χ0n) is 20.2. The minimum Gasteiger partial charge on any atom is -0.356 e. The number of hydrogen-bond donors (Lipinski definition) is 1. The van der Waals surface area contributed by atoms with Crippen molar-refractivity contribution in [1.29, 1.82) is 0 Å². The lowest BCUT2D eigenvalue weighted by Crippen LogP contribution is -2.56. The van der Waals surface area contributed by atoms with Gasteiger partial charge in [-0.25, -0.2) is 0 Å². The highest BCUT2D eigenvalue weighted by molar-refractivity contribution is 14.0. The lowest BCUT2D eigenvalue weighted by atomic mass is 9.83. The summed E-state index contributed by atoms with van der Waals surface area (Å²) in [5.41, 5.74) is 1.43. The van der Waals surface area contributed by atoms with Crippen LogP contribution in [-0.4, -0.2) is 65.2 Å². The Hall–Kier alpha value is -1.68. The second-order valence-corrected chi connectivity index (χ2v) is 9.44. The van der Waals surface area contributed by atoms with E-state index in [2.05, 4.69) is 74.4 Å². The first-order valence-electron chi connectivity index (χ1n) is 12.2. The van der Waals surface area contributed by atoms with E-state index >= 15 is 0 Å². The van der Waals surface area contributed by atoms with Crippen molar-refractivity contribution in [2.45, 2.75) is 64.5 Å². The van der Waals surface area contributed by atoms with Crippen molar-refractivity contribution in [3.8, 4) is 0 Å². The summed E-state index contributed by atoms with van der Waals surface area (Å²) in [5.74, 6) is 3.56. The molecule has 2 aromatic rings. The molecule has 0 amide bonds. The Morgan fingerprint density at radius 3 is 2.76 bits per heavy atom. The van der Waals surface area contributed by atoms with Crippen molar-refractivity contribution in [3.63, 3.8) is 0 Å². The fraction of sp³-hybridized carbons (Fsp3) is 0.640. The molecule has 2 atom stereocenters. The monoisotopic (exact) mass is 566 g/mol. The van der Waals surface area contributed by atoms with Crippen LogP contribution in [0.5, 0.6) is 0 Å². The molecule has 3 heterocycles. The lowest BCUT2D eigenvalue weighted by Gasteiger charge is -2.48. The van der Waals surface area contributed by atoms with Crippen LogP contribution >= 0.6 is 24.0 Å². The number of piperidine rings is 2. The van der Waals surface area contributed by atoms with Crippen LogP contribution in [0.2, 0.25) is 0 Å². The largest absolute Gasteiger partial charge is 0.356 e. The molecule has 2 saturated heterocycles. The Kier molecular flexibility index (Phi) is 9.97. The highest BCUT2D eigenvalue weighted by Gasteiger charge is 2.36. The number of hydrogen-bond acceptors (Lipinski definition) is 5. The lowest BCUT2D eigenvalue weighted by molar-refractivity contribution is 0.0372. The SMILES string of the molecule is CN=C(NCCCc1nc(C(C)C)no1)N1CCC2C(CCCN2Cc2ccccc2)C1.I. The van der Waals surface area contributed by atoms with Crippen molar-refractivity contribution in [3.05, 3.63) is 47.6 Å². The van der Waals surface area contributed by atoms with Crippen LogP contribution in [0.3, 0.4) is 0 Å². The maximum atomic E-state index is 5.35. The second-order valence-electron chi connectivity index (χ2n) is 9.44. The molecule has 4 rings (SSSR count). The third-order valence-corrected chi connectivity index (χ3v) is 6.77. The van der Waals surface area contributed by atoms with Gasteiger partial charge in [-0.1, -0.05) is 49.3 Å². The van der Waals surface area contributed by atoms with E-state index in [1.807, 2.05) is 7.05 Å². The normalized spacial score (nSPS) is 21.6. The second kappa shape index (κ2) is 12.7. The summed E-state index contributed by atoms with van der Waals surface area (Å²) in [6.07, 6.45) is 5.56. The molecule has 1 aromatic heterocycles. The third-order valence-electron chi connectivity index (χ3n) is 6.77. The number of rotatable bonds is 7. The van der Waals surface area contributed by atoms with E-state index in [0.29, 0.717) is 17.9 Å². The van der Waals surface area contributed by atoms with Gasteiger partial charge in [0.1, 0.15) is 0 Å². The number of aliphatic imine (C=N–C) groups is 1. The number of nitrogens with zero attached hydrogens (tertiary/aromatic N) is 5. The molecule has 7 nitrogen and oxygen atoms in total. The summed E-state index contributed by atoms with van der Waals surface area (Å²) in [7, 11) is 1.89. The van der Waals surface area contributed by atoms with Crippen molar-refractivity contribution < 1.29 is 4.52 Å². The van der Waals surface area contributed by atoms with Gasteiger partial charge in [-0.3, -0.25) is 9.89 Å². The third kappa shape index (κ3) is 6.91. The van der Waals surface area contributed by atoms with Crippen LogP contribution in [-0.2, 0) is 13.0 Å². The molecule has 1 aromatic carbocycles. The smallest absolute Gasteiger partial charge is 0.226 e. The highest BCUT2D eigenvalue weighted by atomic mass is 127. The minimum atomic E-state index is 0. The summed E-state index contributed by atoms with van der Waals surface area (Å²) in [4.78, 5) is 14.2. The number of aromatic nitrogens is 2. The number of guanidine groups is 1. The Bertz CT molecular complexity index is 871. The van der Waals surface area contributed by atoms with Gasteiger partial charge in [0.15, 0.2) is 11.8 Å². The number of aryl methyl sites for hydroxylation is 1. The molecule has 2 aliphatic heterocycles. The Balaban J connectivity index is 0.00000306. The standard InChI is InChI=1S/C25H38N6O.HI/c1-19(2)24-28-23(32-29-24)12-7-14-27-25(26-3)31-16-13-22-21(18-31)11-8-15-30(22)17-20-9-5-4-6-10-20;/h4-6,9-10,19,21-22H,7-8,11-18H2,1-3H3,(H,26,27);1H. The molecule has 2 unspecified atom stereocenters. The summed E-state index contributed by atoms with van der Waals surface area (Å²) in [6, 6.07) is 11.6. The van der Waals surface area contributed by atoms with Crippen LogP contribution < -0.4 is 5.32 Å². The van der Waals surface area contributed by atoms with Crippen molar-refractivity contribution in [2.24, 2.45) is 10.9 Å². The van der Waals surface area contributed by atoms with Gasteiger partial charge in [-0.2, -0.15) is 4.98 Å². The first-order chi connectivity index (χ1) is 15.6. The molecule has 2 aliphatic rings. The van der Waals surface area contributed by atoms with Crippen molar-refractivity contribution in [1.82, 2.24) is 25.3 Å². The maximum Gasteiger partial charge on any atom is 0.226 e. The molecule has 0 radical (unpaired) electrons. The quantitative estimate of drug-likeness (QED) is 0.233.